The lowest BCUT2D eigenvalue weighted by molar-refractivity contribution is -0.137. The monoisotopic (exact) mass is 560 g/mol. The van der Waals surface area contributed by atoms with Gasteiger partial charge in [-0.25, -0.2) is 8.42 Å². The molecule has 0 aliphatic rings. The maximum absolute atomic E-state index is 13.1. The second kappa shape index (κ2) is 10.3. The van der Waals surface area contributed by atoms with Crippen LogP contribution in [0, 0.1) is 0 Å². The Kier molecular flexibility index (Phi) is 7.84. The Hall–Kier alpha value is -2.40. The summed E-state index contributed by atoms with van der Waals surface area (Å²) in [5, 5.41) is 2.20. The number of nitrogens with one attached hydrogen (secondary N) is 2. The molecule has 33 heavy (non-hydrogen) atoms. The Bertz CT molecular complexity index is 1240. The molecular weight excluding hydrogens is 545 g/mol. The van der Waals surface area contributed by atoms with Crippen LogP contribution in [0.2, 0.25) is 5.02 Å². The van der Waals surface area contributed by atoms with Crippen LogP contribution in [0.25, 0.3) is 0 Å². The van der Waals surface area contributed by atoms with Crippen molar-refractivity contribution in [3.63, 3.8) is 0 Å². The lowest BCUT2D eigenvalue weighted by Gasteiger charge is -2.20. The van der Waals surface area contributed by atoms with E-state index in [1.165, 1.54) is 24.3 Å². The van der Waals surface area contributed by atoms with E-state index in [0.717, 1.165) is 12.1 Å². The van der Waals surface area contributed by atoms with E-state index < -0.39 is 33.7 Å². The lowest BCUT2D eigenvalue weighted by Crippen LogP contribution is -2.45. The average Bonchev–Trinajstić information content (AvgIpc) is 2.75. The van der Waals surface area contributed by atoms with E-state index in [-0.39, 0.29) is 22.0 Å². The van der Waals surface area contributed by atoms with Gasteiger partial charge < -0.3 is 5.32 Å². The standard InChI is InChI=1S/C22H17BrClF3N2O3S/c23-16-7-9-17(10-8-16)33(31,32)29-20(12-14-4-2-1-3-5-14)21(30)28-19-13-15(22(25,26)27)6-11-18(19)24/h1-11,13,20,29H,12H2,(H,28,30)/t20-/m1/s1. The van der Waals surface area contributed by atoms with Crippen LogP contribution in [-0.2, 0) is 27.4 Å². The van der Waals surface area contributed by atoms with Crippen LogP contribution in [-0.4, -0.2) is 20.4 Å². The number of benzene rings is 3. The molecule has 0 fully saturated rings. The Balaban J connectivity index is 1.91. The smallest absolute Gasteiger partial charge is 0.323 e. The van der Waals surface area contributed by atoms with Gasteiger partial charge in [-0.2, -0.15) is 17.9 Å². The zero-order valence-electron chi connectivity index (χ0n) is 16.7. The van der Waals surface area contributed by atoms with Crippen molar-refractivity contribution in [3.8, 4) is 0 Å². The predicted molar refractivity (Wildman–Crippen MR) is 123 cm³/mol. The molecule has 0 unspecified atom stereocenters. The third-order valence-electron chi connectivity index (χ3n) is 4.57. The van der Waals surface area contributed by atoms with Gasteiger partial charge in [0.05, 0.1) is 21.2 Å². The fourth-order valence-electron chi connectivity index (χ4n) is 2.92. The summed E-state index contributed by atoms with van der Waals surface area (Å²) >= 11 is 9.20. The normalized spacial score (nSPS) is 12.9. The maximum atomic E-state index is 13.1. The van der Waals surface area contributed by atoms with Gasteiger partial charge in [0, 0.05) is 4.47 Å². The minimum atomic E-state index is -4.64. The zero-order chi connectivity index (χ0) is 24.2. The van der Waals surface area contributed by atoms with E-state index in [2.05, 4.69) is 26.0 Å². The summed E-state index contributed by atoms with van der Waals surface area (Å²) in [6.07, 6.45) is -4.68. The number of anilines is 1. The molecule has 3 rings (SSSR count). The molecule has 0 spiro atoms. The summed E-state index contributed by atoms with van der Waals surface area (Å²) in [4.78, 5) is 12.9. The van der Waals surface area contributed by atoms with Crippen LogP contribution < -0.4 is 10.0 Å². The molecule has 1 atom stereocenters. The first-order chi connectivity index (χ1) is 15.5. The second-order valence-electron chi connectivity index (χ2n) is 7.00. The summed E-state index contributed by atoms with van der Waals surface area (Å²) in [5.41, 5.74) is -0.638. The number of alkyl halides is 3. The van der Waals surface area contributed by atoms with Gasteiger partial charge in [-0.1, -0.05) is 57.9 Å². The van der Waals surface area contributed by atoms with Crippen LogP contribution in [0.3, 0.4) is 0 Å². The molecule has 174 valence electrons. The Morgan fingerprint density at radius 1 is 1.00 bits per heavy atom. The van der Waals surface area contributed by atoms with Crippen molar-refractivity contribution in [2.45, 2.75) is 23.5 Å². The Morgan fingerprint density at radius 2 is 1.64 bits per heavy atom. The molecule has 2 N–H and O–H groups in total. The summed E-state index contributed by atoms with van der Waals surface area (Å²) in [6.45, 7) is 0. The van der Waals surface area contributed by atoms with Gasteiger partial charge in [0.1, 0.15) is 6.04 Å². The van der Waals surface area contributed by atoms with E-state index in [1.54, 1.807) is 30.3 Å². The highest BCUT2D eigenvalue weighted by molar-refractivity contribution is 9.10. The molecule has 0 saturated carbocycles. The largest absolute Gasteiger partial charge is 0.416 e. The number of hydrogen-bond acceptors (Lipinski definition) is 3. The van der Waals surface area contributed by atoms with Crippen LogP contribution in [0.4, 0.5) is 18.9 Å². The molecular formula is C22H17BrClF3N2O3S. The van der Waals surface area contributed by atoms with Crippen molar-refractivity contribution in [2.24, 2.45) is 0 Å². The molecule has 0 saturated heterocycles. The number of amides is 1. The molecule has 3 aromatic rings. The predicted octanol–water partition coefficient (Wildman–Crippen LogP) is 5.65. The van der Waals surface area contributed by atoms with Crippen molar-refractivity contribution < 1.29 is 26.4 Å². The Labute approximate surface area is 202 Å². The molecule has 5 nitrogen and oxygen atoms in total. The molecule has 0 aliphatic heterocycles. The highest BCUT2D eigenvalue weighted by atomic mass is 79.9. The zero-order valence-corrected chi connectivity index (χ0v) is 19.9. The highest BCUT2D eigenvalue weighted by Crippen LogP contribution is 2.34. The number of carbonyl (C=O) groups excluding carboxylic acids is 1. The second-order valence-corrected chi connectivity index (χ2v) is 10.0. The van der Waals surface area contributed by atoms with Gasteiger partial charge in [-0.15, -0.1) is 0 Å². The third-order valence-corrected chi connectivity index (χ3v) is 6.92. The van der Waals surface area contributed by atoms with Crippen molar-refractivity contribution in [1.82, 2.24) is 4.72 Å². The van der Waals surface area contributed by atoms with Crippen molar-refractivity contribution in [3.05, 3.63) is 93.4 Å². The highest BCUT2D eigenvalue weighted by Gasteiger charge is 2.32. The van der Waals surface area contributed by atoms with Gasteiger partial charge in [0.25, 0.3) is 0 Å². The SMILES string of the molecule is O=C(Nc1cc(C(F)(F)F)ccc1Cl)[C@@H](Cc1ccccc1)NS(=O)(=O)c1ccc(Br)cc1. The van der Waals surface area contributed by atoms with Gasteiger partial charge in [-0.3, -0.25) is 4.79 Å². The van der Waals surface area contributed by atoms with Crippen molar-refractivity contribution in [2.75, 3.05) is 5.32 Å². The van der Waals surface area contributed by atoms with E-state index >= 15 is 0 Å². The molecule has 0 heterocycles. The maximum Gasteiger partial charge on any atom is 0.416 e. The first-order valence-electron chi connectivity index (χ1n) is 9.45. The average molecular weight is 562 g/mol. The number of hydrogen-bond donors (Lipinski definition) is 2. The molecule has 0 aliphatic carbocycles. The fraction of sp³-hybridized carbons (Fsp3) is 0.136. The molecule has 11 heteroatoms. The van der Waals surface area contributed by atoms with Gasteiger partial charge >= 0.3 is 6.18 Å². The van der Waals surface area contributed by atoms with E-state index in [0.29, 0.717) is 16.1 Å². The fourth-order valence-corrected chi connectivity index (χ4v) is 4.55. The first kappa shape index (κ1) is 25.2. The number of carbonyl (C=O) groups is 1. The number of sulfonamides is 1. The number of halogens is 5. The minimum Gasteiger partial charge on any atom is -0.323 e. The molecule has 0 radical (unpaired) electrons. The summed E-state index contributed by atoms with van der Waals surface area (Å²) in [7, 11) is -4.12. The van der Waals surface area contributed by atoms with Crippen LogP contribution in [0.5, 0.6) is 0 Å². The summed E-state index contributed by atoms with van der Waals surface area (Å²) in [6, 6.07) is 15.5. The summed E-state index contributed by atoms with van der Waals surface area (Å²) in [5.74, 6) is -0.860. The summed E-state index contributed by atoms with van der Waals surface area (Å²) < 4.78 is 68.0. The quantitative estimate of drug-likeness (QED) is 0.392. The minimum absolute atomic E-state index is 0.0426. The van der Waals surface area contributed by atoms with E-state index in [1.807, 2.05) is 0 Å². The van der Waals surface area contributed by atoms with Crippen LogP contribution >= 0.6 is 27.5 Å². The van der Waals surface area contributed by atoms with Gasteiger partial charge in [-0.05, 0) is 54.4 Å². The van der Waals surface area contributed by atoms with E-state index in [9.17, 15) is 26.4 Å². The Morgan fingerprint density at radius 3 is 2.24 bits per heavy atom. The van der Waals surface area contributed by atoms with Gasteiger partial charge in [0.2, 0.25) is 15.9 Å². The van der Waals surface area contributed by atoms with Crippen LogP contribution in [0.15, 0.2) is 82.2 Å². The molecule has 0 aromatic heterocycles. The topological polar surface area (TPSA) is 75.3 Å². The van der Waals surface area contributed by atoms with E-state index in [4.69, 9.17) is 11.6 Å². The third kappa shape index (κ3) is 6.80. The van der Waals surface area contributed by atoms with Gasteiger partial charge in [0.15, 0.2) is 0 Å². The lowest BCUT2D eigenvalue weighted by atomic mass is 10.1. The molecule has 0 bridgehead atoms. The van der Waals surface area contributed by atoms with Crippen molar-refractivity contribution >= 4 is 49.1 Å². The van der Waals surface area contributed by atoms with Crippen molar-refractivity contribution in [1.29, 1.82) is 0 Å². The molecule has 1 amide bonds. The number of rotatable bonds is 7. The van der Waals surface area contributed by atoms with Crippen LogP contribution in [0.1, 0.15) is 11.1 Å². The molecule has 3 aromatic carbocycles. The first-order valence-corrected chi connectivity index (χ1v) is 12.1.